The zero-order valence-corrected chi connectivity index (χ0v) is 26.4. The summed E-state index contributed by atoms with van der Waals surface area (Å²) >= 11 is -2.44. The molecule has 0 aromatic heterocycles. The summed E-state index contributed by atoms with van der Waals surface area (Å²) in [6.45, 7) is 16.6. The van der Waals surface area contributed by atoms with Gasteiger partial charge in [-0.2, -0.15) is 0 Å². The molecule has 0 nitrogen and oxygen atoms in total. The van der Waals surface area contributed by atoms with Crippen LogP contribution >= 0.6 is 0 Å². The van der Waals surface area contributed by atoms with E-state index in [4.69, 9.17) is 0 Å². The van der Waals surface area contributed by atoms with Gasteiger partial charge in [0.2, 0.25) is 0 Å². The van der Waals surface area contributed by atoms with E-state index < -0.39 is 21.3 Å². The summed E-state index contributed by atoms with van der Waals surface area (Å²) < 4.78 is 3.99. The number of allylic oxidation sites excluding steroid dienone is 4. The van der Waals surface area contributed by atoms with Crippen molar-refractivity contribution in [2.45, 2.75) is 52.1 Å². The molecule has 2 aliphatic rings. The molecule has 0 bridgehead atoms. The van der Waals surface area contributed by atoms with E-state index >= 15 is 0 Å². The van der Waals surface area contributed by atoms with Gasteiger partial charge in [-0.05, 0) is 0 Å². The Hall–Kier alpha value is -1.53. The van der Waals surface area contributed by atoms with Crippen LogP contribution in [0.2, 0.25) is 0 Å². The minimum atomic E-state index is -2.44. The van der Waals surface area contributed by atoms with Gasteiger partial charge in [0.15, 0.2) is 0 Å². The van der Waals surface area contributed by atoms with Gasteiger partial charge in [0, 0.05) is 0 Å². The van der Waals surface area contributed by atoms with Crippen molar-refractivity contribution in [3.63, 3.8) is 0 Å². The first kappa shape index (κ1) is 29.0. The van der Waals surface area contributed by atoms with Crippen LogP contribution in [0.15, 0.2) is 93.3 Å². The summed E-state index contributed by atoms with van der Waals surface area (Å²) in [6.07, 6.45) is 2.58. The number of benzene rings is 3. The fourth-order valence-corrected chi connectivity index (χ4v) is 15.7. The Bertz CT molecular complexity index is 1320. The number of fused-ring (bicyclic) bond motifs is 3. The molecule has 0 amide bonds. The van der Waals surface area contributed by atoms with Gasteiger partial charge in [-0.3, -0.25) is 0 Å². The van der Waals surface area contributed by atoms with Crippen LogP contribution in [0, 0.1) is 18.3 Å². The minimum Gasteiger partial charge on any atom is -1.00 e. The zero-order chi connectivity index (χ0) is 24.2. The molecule has 3 aromatic rings. The summed E-state index contributed by atoms with van der Waals surface area (Å²) in [5, 5.41) is 0. The molecule has 2 aliphatic carbocycles. The van der Waals surface area contributed by atoms with Crippen LogP contribution in [0.4, 0.5) is 0 Å². The molecule has 0 saturated carbocycles. The van der Waals surface area contributed by atoms with Crippen LogP contribution in [-0.2, 0) is 21.3 Å². The fraction of sp³-hybridized carbons (Fsp3) is 0.303. The Morgan fingerprint density at radius 1 is 0.750 bits per heavy atom. The molecule has 0 heterocycles. The first-order valence-corrected chi connectivity index (χ1v) is 16.5. The van der Waals surface area contributed by atoms with Crippen LogP contribution < -0.4 is 24.8 Å². The molecule has 3 heteroatoms. The van der Waals surface area contributed by atoms with Gasteiger partial charge in [-0.25, -0.2) is 0 Å². The topological polar surface area (TPSA) is 0 Å². The normalized spacial score (nSPS) is 17.0. The van der Waals surface area contributed by atoms with Gasteiger partial charge < -0.3 is 24.8 Å². The first-order chi connectivity index (χ1) is 16.2. The standard InChI is InChI=1S/C13H9.C11H17.C9H10.2ClH.Zr/c1-3-7-12-10(5-1)9-11-6-2-4-8-13(11)12;1-8-6-9(2)10(7-8)11(3,4)5;1-3-9-6-4-8(2)5-7-9;;;/h1-9H;7-8H,1-5H3;4-7H,1-2H3;2*1H;/q;;;;;+2/p-2. The average Bonchev–Trinajstić information content (AvgIpc) is 3.30. The number of hydrogen-bond donors (Lipinski definition) is 0. The van der Waals surface area contributed by atoms with E-state index in [-0.39, 0.29) is 30.2 Å². The summed E-state index contributed by atoms with van der Waals surface area (Å²) in [6, 6.07) is 27.7. The average molecular weight is 595 g/mol. The predicted octanol–water partition coefficient (Wildman–Crippen LogP) is 2.83. The summed E-state index contributed by atoms with van der Waals surface area (Å²) in [7, 11) is 0. The summed E-state index contributed by atoms with van der Waals surface area (Å²) in [5.74, 6) is 0.518. The maximum atomic E-state index is 2.58. The molecule has 0 N–H and O–H groups in total. The number of rotatable bonds is 3. The van der Waals surface area contributed by atoms with E-state index in [9.17, 15) is 0 Å². The summed E-state index contributed by atoms with van der Waals surface area (Å²) in [5.41, 5.74) is 12.1. The van der Waals surface area contributed by atoms with Gasteiger partial charge in [-0.1, -0.05) is 0 Å². The molecule has 0 aliphatic heterocycles. The van der Waals surface area contributed by atoms with E-state index in [2.05, 4.69) is 127 Å². The van der Waals surface area contributed by atoms with Gasteiger partial charge in [0.25, 0.3) is 0 Å². The zero-order valence-electron chi connectivity index (χ0n) is 22.4. The molecule has 0 radical (unpaired) electrons. The maximum Gasteiger partial charge on any atom is -1.00 e. The SMILES string of the molecule is CC1=[C](/[Zr+2](=[C](\C)c2ccc(C)cc2)[CH]2c3ccccc3-c3ccccc32)C(C)C=C1C(C)(C)C.[Cl-].[Cl-]. The Kier molecular flexibility index (Phi) is 8.93. The molecule has 0 saturated heterocycles. The molecular formula is C33H36Cl2Zr. The van der Waals surface area contributed by atoms with Gasteiger partial charge in [0.05, 0.1) is 0 Å². The molecule has 3 aromatic carbocycles. The Morgan fingerprint density at radius 2 is 1.25 bits per heavy atom. The van der Waals surface area contributed by atoms with Crippen molar-refractivity contribution in [1.29, 1.82) is 0 Å². The smallest absolute Gasteiger partial charge is 1.00 e. The van der Waals surface area contributed by atoms with Crippen molar-refractivity contribution < 1.29 is 46.1 Å². The Morgan fingerprint density at radius 3 is 1.72 bits per heavy atom. The van der Waals surface area contributed by atoms with E-state index in [1.54, 1.807) is 28.8 Å². The van der Waals surface area contributed by atoms with E-state index in [1.807, 2.05) is 0 Å². The van der Waals surface area contributed by atoms with Crippen molar-refractivity contribution in [3.8, 4) is 11.1 Å². The van der Waals surface area contributed by atoms with Crippen LogP contribution in [0.25, 0.3) is 11.1 Å². The van der Waals surface area contributed by atoms with Crippen molar-refractivity contribution in [1.82, 2.24) is 0 Å². The van der Waals surface area contributed by atoms with Crippen molar-refractivity contribution >= 4 is 3.21 Å². The predicted molar refractivity (Wildman–Crippen MR) is 144 cm³/mol. The van der Waals surface area contributed by atoms with Gasteiger partial charge >= 0.3 is 215 Å². The van der Waals surface area contributed by atoms with Crippen molar-refractivity contribution in [2.24, 2.45) is 11.3 Å². The van der Waals surface area contributed by atoms with Gasteiger partial charge in [-0.15, -0.1) is 0 Å². The fourth-order valence-electron chi connectivity index (χ4n) is 6.20. The Labute approximate surface area is 237 Å². The molecule has 1 unspecified atom stereocenters. The second kappa shape index (κ2) is 11.1. The minimum absolute atomic E-state index is 0. The monoisotopic (exact) mass is 592 g/mol. The molecule has 36 heavy (non-hydrogen) atoms. The molecule has 0 spiro atoms. The van der Waals surface area contributed by atoms with Crippen LogP contribution in [-0.4, -0.2) is 3.21 Å². The Balaban J connectivity index is 0.00000180. The summed E-state index contributed by atoms with van der Waals surface area (Å²) in [4.78, 5) is 0. The molecular weight excluding hydrogens is 558 g/mol. The third-order valence-electron chi connectivity index (χ3n) is 7.79. The third kappa shape index (κ3) is 4.97. The van der Waals surface area contributed by atoms with Crippen LogP contribution in [0.3, 0.4) is 0 Å². The van der Waals surface area contributed by atoms with Crippen LogP contribution in [0.1, 0.15) is 67.4 Å². The third-order valence-corrected chi connectivity index (χ3v) is 16.9. The number of hydrogen-bond acceptors (Lipinski definition) is 0. The van der Waals surface area contributed by atoms with Crippen LogP contribution in [0.5, 0.6) is 0 Å². The second-order valence-electron chi connectivity index (χ2n) is 11.2. The van der Waals surface area contributed by atoms with Gasteiger partial charge in [0.1, 0.15) is 0 Å². The van der Waals surface area contributed by atoms with E-state index in [0.29, 0.717) is 9.54 Å². The molecule has 186 valence electrons. The van der Waals surface area contributed by atoms with Crippen molar-refractivity contribution in [3.05, 3.63) is 116 Å². The van der Waals surface area contributed by atoms with Crippen molar-refractivity contribution in [2.75, 3.05) is 0 Å². The van der Waals surface area contributed by atoms with E-state index in [1.165, 1.54) is 22.3 Å². The first-order valence-electron chi connectivity index (χ1n) is 12.6. The number of aryl methyl sites for hydroxylation is 1. The maximum absolute atomic E-state index is 2.58. The second-order valence-corrected chi connectivity index (χ2v) is 17.8. The molecule has 1 atom stereocenters. The molecule has 5 rings (SSSR count). The quantitative estimate of drug-likeness (QED) is 0.438. The largest absolute Gasteiger partial charge is 1.00 e. The molecule has 0 fully saturated rings. The van der Waals surface area contributed by atoms with E-state index in [0.717, 1.165) is 0 Å². The number of halogens is 2.